The minimum atomic E-state index is -4.75. The summed E-state index contributed by atoms with van der Waals surface area (Å²) in [5, 5.41) is 2.34. The van der Waals surface area contributed by atoms with E-state index in [1.807, 2.05) is 0 Å². The zero-order valence-corrected chi connectivity index (χ0v) is 18.9. The van der Waals surface area contributed by atoms with E-state index in [1.54, 1.807) is 37.3 Å². The van der Waals surface area contributed by atoms with Gasteiger partial charge >= 0.3 is 6.18 Å². The highest BCUT2D eigenvalue weighted by molar-refractivity contribution is 7.92. The number of halogens is 4. The maximum Gasteiger partial charge on any atom is 0.416 e. The van der Waals surface area contributed by atoms with Gasteiger partial charge in [-0.15, -0.1) is 0 Å². The normalized spacial score (nSPS) is 11.7. The summed E-state index contributed by atoms with van der Waals surface area (Å²) in [7, 11) is -3.22. The van der Waals surface area contributed by atoms with Crippen molar-refractivity contribution in [1.29, 1.82) is 0 Å². The van der Waals surface area contributed by atoms with Crippen LogP contribution in [0.2, 0.25) is 5.02 Å². The predicted molar refractivity (Wildman–Crippen MR) is 119 cm³/mol. The number of hydrogen-bond donors (Lipinski definition) is 2. The molecule has 33 heavy (non-hydrogen) atoms. The second kappa shape index (κ2) is 9.32. The van der Waals surface area contributed by atoms with Crippen LogP contribution in [0.1, 0.15) is 21.5 Å². The minimum absolute atomic E-state index is 0.0376. The van der Waals surface area contributed by atoms with E-state index in [0.717, 1.165) is 6.07 Å². The highest BCUT2D eigenvalue weighted by Gasteiger charge is 2.33. The molecule has 0 heterocycles. The number of carbonyl (C=O) groups excluding carboxylic acids is 1. The van der Waals surface area contributed by atoms with Gasteiger partial charge in [0.25, 0.3) is 15.9 Å². The monoisotopic (exact) mass is 498 g/mol. The van der Waals surface area contributed by atoms with E-state index in [1.165, 1.54) is 19.2 Å². The van der Waals surface area contributed by atoms with Crippen molar-refractivity contribution in [1.82, 2.24) is 0 Å². The number of methoxy groups -OCH3 is 1. The number of ether oxygens (including phenoxy) is 1. The van der Waals surface area contributed by atoms with Crippen LogP contribution in [0.15, 0.2) is 65.6 Å². The van der Waals surface area contributed by atoms with Gasteiger partial charge < -0.3 is 10.1 Å². The number of rotatable bonds is 6. The SMILES string of the molecule is COc1cc(NC(=O)c2ccccc2)c(C)cc1NS(=O)(=O)c1cc(C(F)(F)F)ccc1Cl. The first-order chi connectivity index (χ1) is 15.4. The fraction of sp³-hybridized carbons (Fsp3) is 0.136. The Kier molecular flexibility index (Phi) is 6.89. The molecule has 3 aromatic carbocycles. The molecule has 0 saturated heterocycles. The van der Waals surface area contributed by atoms with E-state index in [0.29, 0.717) is 28.9 Å². The van der Waals surface area contributed by atoms with Gasteiger partial charge in [0.05, 0.1) is 23.4 Å². The quantitative estimate of drug-likeness (QED) is 0.454. The molecule has 0 aliphatic carbocycles. The smallest absolute Gasteiger partial charge is 0.416 e. The number of hydrogen-bond acceptors (Lipinski definition) is 4. The molecule has 3 rings (SSSR count). The van der Waals surface area contributed by atoms with Crippen molar-refractivity contribution in [2.75, 3.05) is 17.1 Å². The molecule has 6 nitrogen and oxygen atoms in total. The van der Waals surface area contributed by atoms with Gasteiger partial charge in [0.15, 0.2) is 0 Å². The molecule has 0 aliphatic heterocycles. The topological polar surface area (TPSA) is 84.5 Å². The summed E-state index contributed by atoms with van der Waals surface area (Å²) >= 11 is 5.88. The van der Waals surface area contributed by atoms with Gasteiger partial charge in [0, 0.05) is 17.3 Å². The van der Waals surface area contributed by atoms with Gasteiger partial charge in [-0.1, -0.05) is 29.8 Å². The van der Waals surface area contributed by atoms with Crippen molar-refractivity contribution in [2.45, 2.75) is 18.0 Å². The molecule has 174 valence electrons. The second-order valence-electron chi connectivity index (χ2n) is 6.94. The molecule has 0 radical (unpaired) electrons. The van der Waals surface area contributed by atoms with Crippen molar-refractivity contribution < 1.29 is 31.1 Å². The minimum Gasteiger partial charge on any atom is -0.494 e. The molecule has 3 aromatic rings. The number of sulfonamides is 1. The molecule has 0 saturated carbocycles. The lowest BCUT2D eigenvalue weighted by molar-refractivity contribution is -0.137. The summed E-state index contributed by atoms with van der Waals surface area (Å²) in [5.41, 5.74) is 0.0593. The summed E-state index contributed by atoms with van der Waals surface area (Å²) in [6.07, 6.45) is -4.75. The molecule has 11 heteroatoms. The first-order valence-corrected chi connectivity index (χ1v) is 11.2. The summed E-state index contributed by atoms with van der Waals surface area (Å²) in [4.78, 5) is 11.7. The fourth-order valence-corrected chi connectivity index (χ4v) is 4.53. The van der Waals surface area contributed by atoms with Gasteiger partial charge in [-0.05, 0) is 48.9 Å². The molecule has 0 aromatic heterocycles. The number of anilines is 2. The molecule has 1 amide bonds. The van der Waals surface area contributed by atoms with Crippen LogP contribution < -0.4 is 14.8 Å². The average molecular weight is 499 g/mol. The van der Waals surface area contributed by atoms with Crippen molar-refractivity contribution in [3.8, 4) is 5.75 Å². The van der Waals surface area contributed by atoms with E-state index in [9.17, 15) is 26.4 Å². The number of amides is 1. The molecule has 0 bridgehead atoms. The maximum atomic E-state index is 13.0. The molecule has 2 N–H and O–H groups in total. The number of alkyl halides is 3. The number of carbonyl (C=O) groups is 1. The lowest BCUT2D eigenvalue weighted by atomic mass is 10.1. The third-order valence-electron chi connectivity index (χ3n) is 4.62. The van der Waals surface area contributed by atoms with Crippen LogP contribution in [0.25, 0.3) is 0 Å². The summed E-state index contributed by atoms with van der Waals surface area (Å²) in [6, 6.07) is 13.2. The van der Waals surface area contributed by atoms with Crippen LogP contribution >= 0.6 is 11.6 Å². The Balaban J connectivity index is 1.94. The van der Waals surface area contributed by atoms with Gasteiger partial charge in [0.2, 0.25) is 0 Å². The van der Waals surface area contributed by atoms with Crippen LogP contribution in [0.3, 0.4) is 0 Å². The Bertz CT molecular complexity index is 1300. The highest BCUT2D eigenvalue weighted by atomic mass is 35.5. The van der Waals surface area contributed by atoms with Crippen LogP contribution in [-0.4, -0.2) is 21.4 Å². The Hall–Kier alpha value is -3.24. The van der Waals surface area contributed by atoms with E-state index in [-0.39, 0.29) is 22.4 Å². The molecular weight excluding hydrogens is 481 g/mol. The van der Waals surface area contributed by atoms with E-state index in [2.05, 4.69) is 10.0 Å². The molecule has 0 aliphatic rings. The zero-order valence-electron chi connectivity index (χ0n) is 17.3. The van der Waals surface area contributed by atoms with Crippen molar-refractivity contribution in [3.63, 3.8) is 0 Å². The van der Waals surface area contributed by atoms with Crippen molar-refractivity contribution in [3.05, 3.63) is 82.4 Å². The largest absolute Gasteiger partial charge is 0.494 e. The Morgan fingerprint density at radius 2 is 1.67 bits per heavy atom. The first kappa shape index (κ1) is 24.4. The van der Waals surface area contributed by atoms with Gasteiger partial charge in [-0.3, -0.25) is 9.52 Å². The third kappa shape index (κ3) is 5.58. The van der Waals surface area contributed by atoms with E-state index in [4.69, 9.17) is 16.3 Å². The molecule has 0 atom stereocenters. The predicted octanol–water partition coefficient (Wildman–Crippen LogP) is 5.73. The van der Waals surface area contributed by atoms with Crippen LogP contribution in [0.4, 0.5) is 24.5 Å². The molecule has 0 spiro atoms. The lowest BCUT2D eigenvalue weighted by Crippen LogP contribution is -2.17. The van der Waals surface area contributed by atoms with E-state index >= 15 is 0 Å². The first-order valence-electron chi connectivity index (χ1n) is 9.37. The number of aryl methyl sites for hydroxylation is 1. The Morgan fingerprint density at radius 1 is 1.00 bits per heavy atom. The van der Waals surface area contributed by atoms with E-state index < -0.39 is 26.7 Å². The van der Waals surface area contributed by atoms with Crippen molar-refractivity contribution >= 4 is 38.9 Å². The van der Waals surface area contributed by atoms with Gasteiger partial charge in [-0.25, -0.2) is 8.42 Å². The highest BCUT2D eigenvalue weighted by Crippen LogP contribution is 2.36. The second-order valence-corrected chi connectivity index (χ2v) is 8.99. The molecule has 0 unspecified atom stereocenters. The van der Waals surface area contributed by atoms with Gasteiger partial charge in [-0.2, -0.15) is 13.2 Å². The zero-order chi connectivity index (χ0) is 24.4. The summed E-state index contributed by atoms with van der Waals surface area (Å²) in [6.45, 7) is 1.62. The van der Waals surface area contributed by atoms with Gasteiger partial charge in [0.1, 0.15) is 10.6 Å². The Morgan fingerprint density at radius 3 is 2.27 bits per heavy atom. The summed E-state index contributed by atoms with van der Waals surface area (Å²) < 4.78 is 72.3. The number of nitrogens with one attached hydrogen (secondary N) is 2. The molecule has 0 fully saturated rings. The third-order valence-corrected chi connectivity index (χ3v) is 6.47. The maximum absolute atomic E-state index is 13.0. The lowest BCUT2D eigenvalue weighted by Gasteiger charge is -2.17. The van der Waals surface area contributed by atoms with Crippen LogP contribution in [0.5, 0.6) is 5.75 Å². The molecular formula is C22H18ClF3N2O4S. The summed E-state index contributed by atoms with van der Waals surface area (Å²) in [5.74, 6) is -0.347. The number of benzene rings is 3. The standard InChI is InChI=1S/C22H18ClF3N2O4S/c1-13-10-18(19(32-2)12-17(13)27-21(29)14-6-4-3-5-7-14)28-33(30,31)20-11-15(22(24,25)26)8-9-16(20)23/h3-12,28H,1-2H3,(H,27,29). The van der Waals surface area contributed by atoms with Crippen molar-refractivity contribution in [2.24, 2.45) is 0 Å². The van der Waals surface area contributed by atoms with Crippen LogP contribution in [0, 0.1) is 6.92 Å². The Labute approximate surface area is 193 Å². The fourth-order valence-electron chi connectivity index (χ4n) is 2.94. The average Bonchev–Trinajstić information content (AvgIpc) is 2.75. The van der Waals surface area contributed by atoms with Crippen LogP contribution in [-0.2, 0) is 16.2 Å².